The number of rotatable bonds is 6. The summed E-state index contributed by atoms with van der Waals surface area (Å²) in [7, 11) is 2.84. The van der Waals surface area contributed by atoms with E-state index < -0.39 is 6.09 Å². The standard InChI is InChI=1S/C8H16N2O4/c1-13-5-3-4-9-7(11)6-10-8(12)14-2/h3-6H2,1-2H3,(H,9,11)(H,10,12). The third-order valence-corrected chi connectivity index (χ3v) is 1.43. The molecular formula is C8H16N2O4. The van der Waals surface area contributed by atoms with E-state index in [1.807, 2.05) is 0 Å². The maximum absolute atomic E-state index is 11.0. The Morgan fingerprint density at radius 1 is 1.21 bits per heavy atom. The fourth-order valence-corrected chi connectivity index (χ4v) is 0.731. The molecule has 0 aliphatic rings. The Balaban J connectivity index is 3.32. The number of amides is 2. The van der Waals surface area contributed by atoms with Gasteiger partial charge >= 0.3 is 6.09 Å². The van der Waals surface area contributed by atoms with E-state index in [9.17, 15) is 9.59 Å². The molecule has 0 rings (SSSR count). The van der Waals surface area contributed by atoms with Gasteiger partial charge in [-0.2, -0.15) is 0 Å². The van der Waals surface area contributed by atoms with Crippen LogP contribution in [0.3, 0.4) is 0 Å². The largest absolute Gasteiger partial charge is 0.453 e. The van der Waals surface area contributed by atoms with Crippen LogP contribution in [0.5, 0.6) is 0 Å². The van der Waals surface area contributed by atoms with Crippen molar-refractivity contribution in [3.05, 3.63) is 0 Å². The van der Waals surface area contributed by atoms with Gasteiger partial charge in [-0.15, -0.1) is 0 Å². The van der Waals surface area contributed by atoms with Crippen LogP contribution in [-0.2, 0) is 14.3 Å². The first-order valence-corrected chi connectivity index (χ1v) is 4.28. The Bertz CT molecular complexity index is 184. The lowest BCUT2D eigenvalue weighted by atomic mass is 10.4. The zero-order valence-electron chi connectivity index (χ0n) is 8.46. The van der Waals surface area contributed by atoms with Gasteiger partial charge in [0, 0.05) is 20.3 Å². The van der Waals surface area contributed by atoms with Crippen molar-refractivity contribution in [2.75, 3.05) is 33.9 Å². The minimum Gasteiger partial charge on any atom is -0.453 e. The van der Waals surface area contributed by atoms with Crippen LogP contribution in [0.4, 0.5) is 4.79 Å². The first-order chi connectivity index (χ1) is 6.70. The second-order valence-electron chi connectivity index (χ2n) is 2.54. The number of methoxy groups -OCH3 is 2. The second kappa shape index (κ2) is 8.31. The van der Waals surface area contributed by atoms with Crippen molar-refractivity contribution in [1.29, 1.82) is 0 Å². The number of hydrogen-bond acceptors (Lipinski definition) is 4. The molecule has 0 radical (unpaired) electrons. The first-order valence-electron chi connectivity index (χ1n) is 4.28. The molecule has 82 valence electrons. The van der Waals surface area contributed by atoms with Crippen LogP contribution in [-0.4, -0.2) is 45.9 Å². The molecule has 0 aliphatic heterocycles. The van der Waals surface area contributed by atoms with E-state index in [-0.39, 0.29) is 12.5 Å². The first kappa shape index (κ1) is 12.7. The minimum atomic E-state index is -0.614. The van der Waals surface area contributed by atoms with Crippen LogP contribution < -0.4 is 10.6 Å². The van der Waals surface area contributed by atoms with Crippen LogP contribution in [0.1, 0.15) is 6.42 Å². The molecule has 0 aliphatic carbocycles. The highest BCUT2D eigenvalue weighted by Gasteiger charge is 2.03. The fourth-order valence-electron chi connectivity index (χ4n) is 0.731. The monoisotopic (exact) mass is 204 g/mol. The van der Waals surface area contributed by atoms with Crippen LogP contribution in [0.25, 0.3) is 0 Å². The summed E-state index contributed by atoms with van der Waals surface area (Å²) in [4.78, 5) is 21.6. The SMILES string of the molecule is COCCCNC(=O)CNC(=O)OC. The third kappa shape index (κ3) is 7.35. The van der Waals surface area contributed by atoms with Gasteiger partial charge in [-0.05, 0) is 6.42 Å². The average molecular weight is 204 g/mol. The molecule has 2 N–H and O–H groups in total. The smallest absolute Gasteiger partial charge is 0.407 e. The van der Waals surface area contributed by atoms with Crippen LogP contribution >= 0.6 is 0 Å². The van der Waals surface area contributed by atoms with Gasteiger partial charge in [0.15, 0.2) is 0 Å². The lowest BCUT2D eigenvalue weighted by molar-refractivity contribution is -0.120. The molecule has 2 amide bonds. The Morgan fingerprint density at radius 2 is 1.93 bits per heavy atom. The van der Waals surface area contributed by atoms with Gasteiger partial charge in [0.1, 0.15) is 0 Å². The van der Waals surface area contributed by atoms with Crippen LogP contribution in [0.15, 0.2) is 0 Å². The third-order valence-electron chi connectivity index (χ3n) is 1.43. The summed E-state index contributed by atoms with van der Waals surface area (Å²) in [6.45, 7) is 1.07. The molecule has 6 heteroatoms. The molecule has 0 bridgehead atoms. The normalized spacial score (nSPS) is 9.29. The number of carbonyl (C=O) groups is 2. The quantitative estimate of drug-likeness (QED) is 0.571. The molecule has 0 aromatic carbocycles. The van der Waals surface area contributed by atoms with Gasteiger partial charge in [-0.3, -0.25) is 4.79 Å². The Labute approximate surface area is 82.9 Å². The van der Waals surface area contributed by atoms with Crippen LogP contribution in [0, 0.1) is 0 Å². The predicted molar refractivity (Wildman–Crippen MR) is 49.9 cm³/mol. The van der Waals surface area contributed by atoms with Crippen molar-refractivity contribution in [1.82, 2.24) is 10.6 Å². The summed E-state index contributed by atoms with van der Waals surface area (Å²) in [6, 6.07) is 0. The summed E-state index contributed by atoms with van der Waals surface area (Å²) >= 11 is 0. The number of carbonyl (C=O) groups excluding carboxylic acids is 2. The van der Waals surface area contributed by atoms with E-state index in [4.69, 9.17) is 4.74 Å². The van der Waals surface area contributed by atoms with Crippen molar-refractivity contribution < 1.29 is 19.1 Å². The molecule has 0 fully saturated rings. The predicted octanol–water partition coefficient (Wildman–Crippen LogP) is -0.505. The number of ether oxygens (including phenoxy) is 2. The molecule has 0 unspecified atom stereocenters. The van der Waals surface area contributed by atoms with Gasteiger partial charge in [-0.25, -0.2) is 4.79 Å². The molecule has 0 aromatic heterocycles. The van der Waals surface area contributed by atoms with Crippen molar-refractivity contribution in [2.45, 2.75) is 6.42 Å². The van der Waals surface area contributed by atoms with E-state index in [1.165, 1.54) is 7.11 Å². The van der Waals surface area contributed by atoms with Crippen molar-refractivity contribution >= 4 is 12.0 Å². The lowest BCUT2D eigenvalue weighted by Gasteiger charge is -2.05. The molecule has 0 saturated carbocycles. The molecular weight excluding hydrogens is 188 g/mol. The Kier molecular flexibility index (Phi) is 7.53. The zero-order chi connectivity index (χ0) is 10.8. The van der Waals surface area contributed by atoms with Crippen molar-refractivity contribution in [3.8, 4) is 0 Å². The molecule has 6 nitrogen and oxygen atoms in total. The highest BCUT2D eigenvalue weighted by Crippen LogP contribution is 1.77. The second-order valence-corrected chi connectivity index (χ2v) is 2.54. The summed E-state index contributed by atoms with van der Waals surface area (Å²) in [5, 5.41) is 4.88. The summed E-state index contributed by atoms with van der Waals surface area (Å²) in [5.74, 6) is -0.244. The number of hydrogen-bond donors (Lipinski definition) is 2. The molecule has 0 heterocycles. The average Bonchev–Trinajstić information content (AvgIpc) is 2.21. The molecule has 0 atom stereocenters. The maximum atomic E-state index is 11.0. The minimum absolute atomic E-state index is 0.0698. The Hall–Kier alpha value is -1.30. The fraction of sp³-hybridized carbons (Fsp3) is 0.750. The van der Waals surface area contributed by atoms with E-state index in [0.29, 0.717) is 13.2 Å². The summed E-state index contributed by atoms with van der Waals surface area (Å²) < 4.78 is 9.09. The molecule has 0 saturated heterocycles. The highest BCUT2D eigenvalue weighted by atomic mass is 16.5. The van der Waals surface area contributed by atoms with E-state index >= 15 is 0 Å². The van der Waals surface area contributed by atoms with E-state index in [1.54, 1.807) is 7.11 Å². The van der Waals surface area contributed by atoms with Crippen molar-refractivity contribution in [3.63, 3.8) is 0 Å². The summed E-state index contributed by atoms with van der Waals surface area (Å²) in [5.41, 5.74) is 0. The molecule has 0 aromatic rings. The van der Waals surface area contributed by atoms with E-state index in [0.717, 1.165) is 6.42 Å². The van der Waals surface area contributed by atoms with Crippen LogP contribution in [0.2, 0.25) is 0 Å². The van der Waals surface area contributed by atoms with Gasteiger partial charge in [0.2, 0.25) is 5.91 Å². The maximum Gasteiger partial charge on any atom is 0.407 e. The van der Waals surface area contributed by atoms with Gasteiger partial charge < -0.3 is 20.1 Å². The summed E-state index contributed by atoms with van der Waals surface area (Å²) in [6.07, 6.45) is 0.137. The number of nitrogens with one attached hydrogen (secondary N) is 2. The van der Waals surface area contributed by atoms with Gasteiger partial charge in [0.25, 0.3) is 0 Å². The van der Waals surface area contributed by atoms with E-state index in [2.05, 4.69) is 15.4 Å². The molecule has 14 heavy (non-hydrogen) atoms. The highest BCUT2D eigenvalue weighted by molar-refractivity contribution is 5.81. The zero-order valence-corrected chi connectivity index (χ0v) is 8.46. The lowest BCUT2D eigenvalue weighted by Crippen LogP contribution is -2.37. The van der Waals surface area contributed by atoms with Gasteiger partial charge in [-0.1, -0.05) is 0 Å². The number of alkyl carbamates (subject to hydrolysis) is 1. The Morgan fingerprint density at radius 3 is 2.50 bits per heavy atom. The topological polar surface area (TPSA) is 76.7 Å². The van der Waals surface area contributed by atoms with Crippen molar-refractivity contribution in [2.24, 2.45) is 0 Å². The molecule has 0 spiro atoms. The van der Waals surface area contributed by atoms with Gasteiger partial charge in [0.05, 0.1) is 13.7 Å².